The van der Waals surface area contributed by atoms with Crippen molar-refractivity contribution in [2.24, 2.45) is 56.7 Å². The average molecular weight is 706 g/mol. The number of aliphatic hydroxyl groups is 4. The van der Waals surface area contributed by atoms with Crippen LogP contribution in [-0.2, 0) is 0 Å². The second kappa shape index (κ2) is 11.5. The molecule has 1 aromatic rings. The lowest BCUT2D eigenvalue weighted by Crippen LogP contribution is -2.67. The van der Waals surface area contributed by atoms with Gasteiger partial charge in [-0.1, -0.05) is 32.1 Å². The van der Waals surface area contributed by atoms with Crippen LogP contribution >= 0.6 is 0 Å². The first-order chi connectivity index (χ1) is 24.2. The fraction of sp³-hybridized carbons (Fsp3) is 0.744. The molecule has 0 heterocycles. The van der Waals surface area contributed by atoms with Crippen molar-refractivity contribution in [2.75, 3.05) is 26.2 Å². The van der Waals surface area contributed by atoms with Crippen LogP contribution in [0.15, 0.2) is 42.0 Å². The third kappa shape index (κ3) is 4.84. The van der Waals surface area contributed by atoms with E-state index in [9.17, 15) is 34.0 Å². The minimum absolute atomic E-state index is 0.0726. The van der Waals surface area contributed by atoms with E-state index < -0.39 is 45.7 Å². The molecule has 0 radical (unpaired) electrons. The number of carbonyl (C=O) groups excluding carboxylic acids is 1. The van der Waals surface area contributed by atoms with Crippen molar-refractivity contribution in [3.8, 4) is 0 Å². The van der Waals surface area contributed by atoms with E-state index >= 15 is 0 Å². The van der Waals surface area contributed by atoms with Crippen molar-refractivity contribution in [1.82, 2.24) is 4.90 Å². The van der Waals surface area contributed by atoms with Gasteiger partial charge >= 0.3 is 0 Å². The third-order valence-corrected chi connectivity index (χ3v) is 17.0. The molecule has 0 aromatic heterocycles. The molecule has 8 heteroatoms. The summed E-state index contributed by atoms with van der Waals surface area (Å²) in [4.78, 5) is 17.0. The summed E-state index contributed by atoms with van der Waals surface area (Å²) in [6.07, 6.45) is 17.9. The molecule has 6 nitrogen and oxygen atoms in total. The highest BCUT2D eigenvalue weighted by atomic mass is 19.2. The van der Waals surface area contributed by atoms with Gasteiger partial charge in [-0.2, -0.15) is 0 Å². The molecule has 7 fully saturated rings. The monoisotopic (exact) mass is 705 g/mol. The molecule has 4 N–H and O–H groups in total. The van der Waals surface area contributed by atoms with Gasteiger partial charge in [0.1, 0.15) is 0 Å². The maximum atomic E-state index is 14.7. The average Bonchev–Trinajstić information content (AvgIpc) is 3.34. The van der Waals surface area contributed by atoms with E-state index in [2.05, 4.69) is 37.0 Å². The van der Waals surface area contributed by atoms with Gasteiger partial charge in [0, 0.05) is 47.0 Å². The molecule has 0 amide bonds. The van der Waals surface area contributed by atoms with Gasteiger partial charge < -0.3 is 20.4 Å². The Bertz CT molecular complexity index is 1640. The number of allylic oxidation sites excluding steroid dienone is 4. The number of hydrogen-bond acceptors (Lipinski definition) is 6. The van der Waals surface area contributed by atoms with Gasteiger partial charge in [0.15, 0.2) is 17.4 Å². The van der Waals surface area contributed by atoms with Gasteiger partial charge in [0.2, 0.25) is 0 Å². The van der Waals surface area contributed by atoms with Crippen molar-refractivity contribution >= 4 is 5.78 Å². The lowest BCUT2D eigenvalue weighted by Gasteiger charge is -2.71. The molecular weight excluding hydrogens is 648 g/mol. The number of nitrogens with zero attached hydrogens (tertiary/aromatic N) is 1. The van der Waals surface area contributed by atoms with Gasteiger partial charge in [0.05, 0.1) is 24.4 Å². The van der Waals surface area contributed by atoms with Crippen LogP contribution in [0.3, 0.4) is 0 Å². The Balaban J connectivity index is 1.09. The zero-order valence-corrected chi connectivity index (χ0v) is 30.4. The molecule has 11 rings (SSSR count). The van der Waals surface area contributed by atoms with E-state index in [4.69, 9.17) is 0 Å². The van der Waals surface area contributed by atoms with Crippen molar-refractivity contribution in [3.05, 3.63) is 59.2 Å². The standard InChI is InChI=1S/C43H57F2NO5/c1-38-8-5-30(48)20-41(38)11-12-43(32(21-41)37(50)29-3-4-33(44)34(45)16-29)35(38)6-9-39(2)36(43)7-10-42(39,51)25-46(22-31(49)23-47)24-40-17-26-13-27(18-40)15-28(14-26)19-40/h3-4,11-12,16,21,26-28,30-31,35-36,47-49,51H,5-10,13-15,17-20,22-25H2,1-2H3. The SMILES string of the molecule is CC12CCC(O)CC13C=CC1(C(C(=O)c4ccc(F)c(F)c4)=C3)C2CCC2(C)C1CCC2(O)CN(CC(O)CO)CC12CC3CC(CC(C3)C1)C2. The van der Waals surface area contributed by atoms with Gasteiger partial charge in [-0.25, -0.2) is 8.78 Å². The topological polar surface area (TPSA) is 101 Å². The summed E-state index contributed by atoms with van der Waals surface area (Å²) < 4.78 is 28.7. The Labute approximate surface area is 301 Å². The molecule has 0 aliphatic heterocycles. The maximum Gasteiger partial charge on any atom is 0.189 e. The number of carbonyl (C=O) groups is 1. The number of Topliss-reactive ketones (excluding diaryl/α,β-unsaturated/α-hetero) is 1. The Morgan fingerprint density at radius 2 is 1.53 bits per heavy atom. The highest BCUT2D eigenvalue weighted by Crippen LogP contribution is 2.78. The Kier molecular flexibility index (Phi) is 7.86. The summed E-state index contributed by atoms with van der Waals surface area (Å²) in [6.45, 7) is 5.79. The number of ketones is 1. The molecule has 10 aliphatic rings. The smallest absolute Gasteiger partial charge is 0.189 e. The van der Waals surface area contributed by atoms with E-state index in [1.165, 1.54) is 44.6 Å². The van der Waals surface area contributed by atoms with Crippen LogP contribution in [0.2, 0.25) is 0 Å². The molecule has 278 valence electrons. The van der Waals surface area contributed by atoms with Crippen LogP contribution in [0.25, 0.3) is 0 Å². The molecule has 9 unspecified atom stereocenters. The quantitative estimate of drug-likeness (QED) is 0.171. The highest BCUT2D eigenvalue weighted by molar-refractivity contribution is 6.10. The minimum Gasteiger partial charge on any atom is -0.394 e. The fourth-order valence-electron chi connectivity index (χ4n) is 15.3. The fourth-order valence-corrected chi connectivity index (χ4v) is 15.3. The number of aliphatic hydroxyl groups excluding tert-OH is 3. The molecule has 10 aliphatic carbocycles. The largest absolute Gasteiger partial charge is 0.394 e. The summed E-state index contributed by atoms with van der Waals surface area (Å²) in [5.74, 6) is 0.0373. The van der Waals surface area contributed by atoms with Crippen LogP contribution in [0.1, 0.15) is 108 Å². The number of halogens is 2. The Hall–Kier alpha value is -1.97. The first-order valence-electron chi connectivity index (χ1n) is 20.0. The number of fused-ring (bicyclic) bond motifs is 1. The van der Waals surface area contributed by atoms with Gasteiger partial charge in [-0.3, -0.25) is 9.69 Å². The lowest BCUT2D eigenvalue weighted by molar-refractivity contribution is -0.179. The first-order valence-corrected chi connectivity index (χ1v) is 20.0. The second-order valence-electron chi connectivity index (χ2n) is 19.7. The number of hydrogen-bond donors (Lipinski definition) is 4. The van der Waals surface area contributed by atoms with Gasteiger partial charge in [-0.05, 0) is 142 Å². The van der Waals surface area contributed by atoms with E-state index in [0.29, 0.717) is 37.9 Å². The summed E-state index contributed by atoms with van der Waals surface area (Å²) in [5.41, 5.74) is -2.12. The third-order valence-electron chi connectivity index (χ3n) is 17.0. The van der Waals surface area contributed by atoms with Gasteiger partial charge in [0.25, 0.3) is 0 Å². The molecule has 51 heavy (non-hydrogen) atoms. The van der Waals surface area contributed by atoms with Crippen molar-refractivity contribution in [1.29, 1.82) is 0 Å². The van der Waals surface area contributed by atoms with Crippen LogP contribution in [0.5, 0.6) is 0 Å². The zero-order chi connectivity index (χ0) is 35.8. The highest BCUT2D eigenvalue weighted by Gasteiger charge is 2.74. The molecule has 1 aromatic carbocycles. The molecule has 6 bridgehead atoms. The van der Waals surface area contributed by atoms with Crippen LogP contribution in [0.4, 0.5) is 8.78 Å². The van der Waals surface area contributed by atoms with E-state index in [1.54, 1.807) is 0 Å². The molecular formula is C43H57F2NO5. The van der Waals surface area contributed by atoms with Crippen LogP contribution < -0.4 is 0 Å². The van der Waals surface area contributed by atoms with E-state index in [1.807, 2.05) is 0 Å². The van der Waals surface area contributed by atoms with Crippen LogP contribution in [0, 0.1) is 68.3 Å². The van der Waals surface area contributed by atoms with E-state index in [0.717, 1.165) is 62.1 Å². The first kappa shape index (κ1) is 34.8. The normalized spacial score (nSPS) is 48.0. The lowest BCUT2D eigenvalue weighted by atomic mass is 9.32. The predicted octanol–water partition coefficient (Wildman–Crippen LogP) is 6.61. The van der Waals surface area contributed by atoms with Crippen molar-refractivity contribution in [3.63, 3.8) is 0 Å². The summed E-state index contributed by atoms with van der Waals surface area (Å²) in [6, 6.07) is 3.43. The summed E-state index contributed by atoms with van der Waals surface area (Å²) >= 11 is 0. The Morgan fingerprint density at radius 1 is 0.882 bits per heavy atom. The van der Waals surface area contributed by atoms with Crippen LogP contribution in [-0.4, -0.2) is 75.2 Å². The summed E-state index contributed by atoms with van der Waals surface area (Å²) in [5, 5.41) is 44.9. The zero-order valence-electron chi connectivity index (χ0n) is 30.4. The molecule has 7 saturated carbocycles. The van der Waals surface area contributed by atoms with E-state index in [-0.39, 0.29) is 40.6 Å². The van der Waals surface area contributed by atoms with Crippen molar-refractivity contribution in [2.45, 2.75) is 115 Å². The minimum atomic E-state index is -1.09. The predicted molar refractivity (Wildman–Crippen MR) is 189 cm³/mol. The molecule has 9 atom stereocenters. The molecule has 2 spiro atoms. The van der Waals surface area contributed by atoms with Gasteiger partial charge in [-0.15, -0.1) is 0 Å². The summed E-state index contributed by atoms with van der Waals surface area (Å²) in [7, 11) is 0. The number of rotatable bonds is 9. The van der Waals surface area contributed by atoms with Crippen molar-refractivity contribution < 1.29 is 34.0 Å². The number of benzene rings is 1. The second-order valence-corrected chi connectivity index (χ2v) is 19.7. The maximum absolute atomic E-state index is 14.7. The Morgan fingerprint density at radius 3 is 2.20 bits per heavy atom. The molecule has 0 saturated heterocycles.